The lowest BCUT2D eigenvalue weighted by molar-refractivity contribution is -0.192. The molecule has 3 rings (SSSR count). The highest BCUT2D eigenvalue weighted by Gasteiger charge is 2.47. The number of halogens is 3. The topological polar surface area (TPSA) is 114 Å². The number of carbonyl (C=O) groups is 3. The second kappa shape index (κ2) is 9.64. The van der Waals surface area contributed by atoms with E-state index in [0.29, 0.717) is 32.5 Å². The van der Waals surface area contributed by atoms with E-state index in [0.717, 1.165) is 5.82 Å². The zero-order chi connectivity index (χ0) is 23.4. The average molecular weight is 450 g/mol. The molecule has 1 N–H and O–H groups in total. The molecule has 2 amide bonds. The van der Waals surface area contributed by atoms with E-state index in [1.807, 2.05) is 10.8 Å². The molecule has 1 unspecified atom stereocenters. The van der Waals surface area contributed by atoms with Gasteiger partial charge in [0.15, 0.2) is 6.10 Å². The van der Waals surface area contributed by atoms with Gasteiger partial charge in [-0.3, -0.25) is 9.59 Å². The Bertz CT molecular complexity index is 802. The lowest BCUT2D eigenvalue weighted by Gasteiger charge is -2.45. The van der Waals surface area contributed by atoms with Gasteiger partial charge in [0.25, 0.3) is 5.91 Å². The quantitative estimate of drug-likeness (QED) is 0.712. The zero-order valence-electron chi connectivity index (χ0n) is 17.4. The van der Waals surface area contributed by atoms with Crippen LogP contribution in [0.4, 0.5) is 13.2 Å². The molecule has 0 bridgehead atoms. The summed E-state index contributed by atoms with van der Waals surface area (Å²) < 4.78 is 44.9. The maximum absolute atomic E-state index is 12.4. The van der Waals surface area contributed by atoms with Gasteiger partial charge < -0.3 is 28.9 Å². The van der Waals surface area contributed by atoms with Crippen LogP contribution in [0.5, 0.6) is 0 Å². The van der Waals surface area contributed by atoms with E-state index in [1.165, 1.54) is 7.11 Å². The van der Waals surface area contributed by atoms with Crippen molar-refractivity contribution in [3.63, 3.8) is 0 Å². The maximum atomic E-state index is 12.4. The number of hydrogen-bond acceptors (Lipinski definition) is 6. The molecule has 31 heavy (non-hydrogen) atoms. The molecule has 1 fully saturated rings. The Balaban J connectivity index is 0.000000423. The van der Waals surface area contributed by atoms with E-state index in [9.17, 15) is 22.8 Å². The third kappa shape index (κ3) is 5.73. The van der Waals surface area contributed by atoms with Crippen molar-refractivity contribution in [1.29, 1.82) is 0 Å². The number of likely N-dealkylation sites (tertiary alicyclic amines) is 1. The third-order valence-electron chi connectivity index (χ3n) is 5.00. The van der Waals surface area contributed by atoms with E-state index in [1.54, 1.807) is 30.1 Å². The molecule has 2 aliphatic rings. The number of rotatable bonds is 3. The number of carbonyl (C=O) groups excluding carboxylic acids is 2. The number of aromatic nitrogens is 2. The van der Waals surface area contributed by atoms with Crippen molar-refractivity contribution in [1.82, 2.24) is 19.4 Å². The van der Waals surface area contributed by atoms with Gasteiger partial charge in [-0.25, -0.2) is 9.78 Å². The van der Waals surface area contributed by atoms with Crippen LogP contribution in [0.2, 0.25) is 0 Å². The molecule has 10 nitrogen and oxygen atoms in total. The highest BCUT2D eigenvalue weighted by atomic mass is 19.4. The van der Waals surface area contributed by atoms with E-state index in [-0.39, 0.29) is 18.4 Å². The van der Waals surface area contributed by atoms with Crippen LogP contribution in [-0.2, 0) is 36.0 Å². The minimum Gasteiger partial charge on any atom is -0.475 e. The van der Waals surface area contributed by atoms with Crippen LogP contribution in [0, 0.1) is 0 Å². The summed E-state index contributed by atoms with van der Waals surface area (Å²) in [5.41, 5.74) is -0.609. The molecule has 0 saturated carbocycles. The Morgan fingerprint density at radius 1 is 1.32 bits per heavy atom. The van der Waals surface area contributed by atoms with Crippen LogP contribution in [-0.4, -0.2) is 95.4 Å². The lowest BCUT2D eigenvalue weighted by atomic mass is 9.88. The Kier molecular flexibility index (Phi) is 7.65. The van der Waals surface area contributed by atoms with Gasteiger partial charge in [-0.05, 0) is 0 Å². The molecule has 174 valence electrons. The lowest BCUT2D eigenvalue weighted by Crippen LogP contribution is -2.54. The molecule has 1 aromatic heterocycles. The van der Waals surface area contributed by atoms with Crippen LogP contribution in [0.25, 0.3) is 0 Å². The number of nitrogens with zero attached hydrogens (tertiary/aromatic N) is 4. The van der Waals surface area contributed by atoms with Crippen LogP contribution >= 0.6 is 0 Å². The summed E-state index contributed by atoms with van der Waals surface area (Å²) in [5, 5.41) is 7.12. The minimum atomic E-state index is -5.08. The van der Waals surface area contributed by atoms with Crippen LogP contribution < -0.4 is 0 Å². The molecule has 1 spiro atoms. The number of ether oxygens (including phenoxy) is 2. The largest absolute Gasteiger partial charge is 0.490 e. The van der Waals surface area contributed by atoms with Gasteiger partial charge in [0.1, 0.15) is 18.0 Å². The number of methoxy groups -OCH3 is 1. The van der Waals surface area contributed by atoms with Crippen molar-refractivity contribution in [2.24, 2.45) is 0 Å². The van der Waals surface area contributed by atoms with Crippen molar-refractivity contribution in [2.75, 3.05) is 40.9 Å². The van der Waals surface area contributed by atoms with E-state index in [4.69, 9.17) is 19.4 Å². The number of imidazole rings is 1. The number of amides is 2. The van der Waals surface area contributed by atoms with Crippen molar-refractivity contribution >= 4 is 17.8 Å². The fourth-order valence-electron chi connectivity index (χ4n) is 3.49. The molecule has 0 aliphatic carbocycles. The fourth-order valence-corrected chi connectivity index (χ4v) is 3.49. The second-order valence-electron chi connectivity index (χ2n) is 7.35. The van der Waals surface area contributed by atoms with Gasteiger partial charge in [0, 0.05) is 59.5 Å². The Labute approximate surface area is 176 Å². The number of aliphatic carboxylic acids is 1. The molecule has 2 aliphatic heterocycles. The van der Waals surface area contributed by atoms with Gasteiger partial charge in [0.05, 0.1) is 6.54 Å². The average Bonchev–Trinajstić information content (AvgIpc) is 3.17. The molecule has 1 aromatic rings. The molecule has 13 heteroatoms. The predicted octanol–water partition coefficient (Wildman–Crippen LogP) is 0.468. The van der Waals surface area contributed by atoms with Gasteiger partial charge in [-0.2, -0.15) is 13.2 Å². The predicted molar refractivity (Wildman–Crippen MR) is 98.9 cm³/mol. The second-order valence-corrected chi connectivity index (χ2v) is 7.35. The van der Waals surface area contributed by atoms with Crippen molar-refractivity contribution in [2.45, 2.75) is 37.3 Å². The monoisotopic (exact) mass is 450 g/mol. The number of hydrogen-bond donors (Lipinski definition) is 1. The summed E-state index contributed by atoms with van der Waals surface area (Å²) in [4.78, 5) is 41.1. The summed E-state index contributed by atoms with van der Waals surface area (Å²) in [6.45, 7) is 1.69. The summed E-state index contributed by atoms with van der Waals surface area (Å²) in [6.07, 6.45) is -0.737. The van der Waals surface area contributed by atoms with Crippen molar-refractivity contribution in [3.8, 4) is 0 Å². The Morgan fingerprint density at radius 3 is 2.39 bits per heavy atom. The first-order valence-corrected chi connectivity index (χ1v) is 9.38. The summed E-state index contributed by atoms with van der Waals surface area (Å²) >= 11 is 0. The minimum absolute atomic E-state index is 0.0209. The Hall–Kier alpha value is -2.67. The SMILES string of the molecule is COCC(=O)N1CCC2(CC1)OC(C(=O)N(C)C)Cn1ccnc12.O=C(O)C(F)(F)F. The van der Waals surface area contributed by atoms with E-state index >= 15 is 0 Å². The van der Waals surface area contributed by atoms with Gasteiger partial charge >= 0.3 is 12.1 Å². The summed E-state index contributed by atoms with van der Waals surface area (Å²) in [6, 6.07) is 0. The molecule has 3 heterocycles. The van der Waals surface area contributed by atoms with Crippen molar-refractivity contribution < 1.29 is 42.1 Å². The zero-order valence-corrected chi connectivity index (χ0v) is 17.4. The maximum Gasteiger partial charge on any atom is 0.490 e. The molecule has 0 radical (unpaired) electrons. The highest BCUT2D eigenvalue weighted by Crippen LogP contribution is 2.40. The third-order valence-corrected chi connectivity index (χ3v) is 5.00. The first-order valence-electron chi connectivity index (χ1n) is 9.38. The van der Waals surface area contributed by atoms with E-state index < -0.39 is 23.9 Å². The van der Waals surface area contributed by atoms with Crippen molar-refractivity contribution in [3.05, 3.63) is 18.2 Å². The van der Waals surface area contributed by atoms with E-state index in [2.05, 4.69) is 4.98 Å². The number of alkyl halides is 3. The fraction of sp³-hybridized carbons (Fsp3) is 0.667. The molecular weight excluding hydrogens is 425 g/mol. The molecule has 1 saturated heterocycles. The first kappa shape index (κ1) is 24.6. The molecule has 0 aromatic carbocycles. The Morgan fingerprint density at radius 2 is 1.90 bits per heavy atom. The van der Waals surface area contributed by atoms with Crippen LogP contribution in [0.15, 0.2) is 12.4 Å². The molecule has 1 atom stereocenters. The number of piperidine rings is 1. The van der Waals surface area contributed by atoms with Gasteiger partial charge in [-0.1, -0.05) is 0 Å². The standard InChI is InChI=1S/C16H24N4O4.C2HF3O2/c1-18(2)14(22)12-10-20-9-6-17-15(20)16(24-12)4-7-19(8-5-16)13(21)11-23-3;3-2(4,5)1(6)7/h6,9,12H,4-5,7-8,10-11H2,1-3H3;(H,6,7). The smallest absolute Gasteiger partial charge is 0.475 e. The number of carboxylic acids is 1. The first-order chi connectivity index (χ1) is 14.4. The van der Waals surface area contributed by atoms with Gasteiger partial charge in [-0.15, -0.1) is 0 Å². The number of carboxylic acid groups (broad SMARTS) is 1. The normalized spacial score (nSPS) is 19.8. The number of likely N-dealkylation sites (N-methyl/N-ethyl adjacent to an activating group) is 1. The summed E-state index contributed by atoms with van der Waals surface area (Å²) in [5.74, 6) is -1.98. The molecular formula is C18H25F3N4O6. The van der Waals surface area contributed by atoms with Crippen LogP contribution in [0.3, 0.4) is 0 Å². The highest BCUT2D eigenvalue weighted by molar-refractivity contribution is 5.80. The van der Waals surface area contributed by atoms with Crippen LogP contribution in [0.1, 0.15) is 18.7 Å². The summed E-state index contributed by atoms with van der Waals surface area (Å²) in [7, 11) is 4.98. The number of fused-ring (bicyclic) bond motifs is 2. The van der Waals surface area contributed by atoms with Gasteiger partial charge in [0.2, 0.25) is 5.91 Å².